The fourth-order valence-electron chi connectivity index (χ4n) is 5.42. The zero-order valence-electron chi connectivity index (χ0n) is 18.2. The molecule has 2 fully saturated rings. The molecule has 0 aliphatic carbocycles. The van der Waals surface area contributed by atoms with Crippen molar-refractivity contribution in [1.29, 1.82) is 0 Å². The Bertz CT molecular complexity index is 852. The molecule has 2 bridgehead atoms. The number of aromatic nitrogens is 3. The zero-order valence-corrected chi connectivity index (χ0v) is 18.2. The van der Waals surface area contributed by atoms with Gasteiger partial charge in [-0.1, -0.05) is 44.2 Å². The predicted octanol–water partition coefficient (Wildman–Crippen LogP) is 4.10. The van der Waals surface area contributed by atoms with Crippen molar-refractivity contribution in [3.8, 4) is 0 Å². The van der Waals surface area contributed by atoms with E-state index in [9.17, 15) is 4.79 Å². The molecule has 1 amide bonds. The summed E-state index contributed by atoms with van der Waals surface area (Å²) in [6.07, 6.45) is 4.46. The summed E-state index contributed by atoms with van der Waals surface area (Å²) < 4.78 is 7.83. The summed E-state index contributed by atoms with van der Waals surface area (Å²) in [6, 6.07) is 11.5. The normalized spacial score (nSPS) is 24.9. The minimum absolute atomic E-state index is 0.298. The first-order valence-electron chi connectivity index (χ1n) is 11.1. The van der Waals surface area contributed by atoms with Gasteiger partial charge in [-0.2, -0.15) is 0 Å². The Morgan fingerprint density at radius 2 is 1.80 bits per heavy atom. The molecule has 0 saturated carbocycles. The van der Waals surface area contributed by atoms with Crippen LogP contribution in [0.1, 0.15) is 81.2 Å². The molecule has 7 heteroatoms. The third-order valence-corrected chi connectivity index (χ3v) is 6.71. The summed E-state index contributed by atoms with van der Waals surface area (Å²) in [6.45, 7) is 7.35. The second kappa shape index (κ2) is 8.76. The highest BCUT2D eigenvalue weighted by Crippen LogP contribution is 2.42. The molecule has 2 aliphatic rings. The van der Waals surface area contributed by atoms with Crippen LogP contribution in [-0.2, 0) is 4.74 Å². The number of carbonyl (C=O) groups is 1. The highest BCUT2D eigenvalue weighted by Gasteiger charge is 2.42. The molecule has 0 spiro atoms. The van der Waals surface area contributed by atoms with E-state index in [1.165, 1.54) is 12.8 Å². The van der Waals surface area contributed by atoms with Crippen LogP contribution in [0.2, 0.25) is 0 Å². The third-order valence-electron chi connectivity index (χ3n) is 6.71. The minimum atomic E-state index is -0.713. The number of hydrogen-bond donors (Lipinski definition) is 1. The van der Waals surface area contributed by atoms with E-state index in [1.807, 2.05) is 30.3 Å². The van der Waals surface area contributed by atoms with E-state index in [0.29, 0.717) is 24.0 Å². The molecule has 1 aromatic heterocycles. The Labute approximate surface area is 178 Å². The highest BCUT2D eigenvalue weighted by molar-refractivity contribution is 5.65. The van der Waals surface area contributed by atoms with Crippen molar-refractivity contribution in [1.82, 2.24) is 19.7 Å². The van der Waals surface area contributed by atoms with Crippen molar-refractivity contribution in [3.05, 3.63) is 47.5 Å². The highest BCUT2D eigenvalue weighted by atomic mass is 16.6. The van der Waals surface area contributed by atoms with Gasteiger partial charge >= 0.3 is 6.09 Å². The lowest BCUT2D eigenvalue weighted by molar-refractivity contribution is 0.0642. The average molecular weight is 412 g/mol. The zero-order chi connectivity index (χ0) is 21.3. The van der Waals surface area contributed by atoms with Gasteiger partial charge in [-0.25, -0.2) is 4.79 Å². The first-order valence-corrected chi connectivity index (χ1v) is 11.1. The number of amides is 1. The van der Waals surface area contributed by atoms with E-state index in [1.54, 1.807) is 0 Å². The molecular weight excluding hydrogens is 378 g/mol. The Balaban J connectivity index is 1.44. The number of nitrogens with two attached hydrogens (primary N) is 1. The molecule has 4 rings (SSSR count). The van der Waals surface area contributed by atoms with Crippen LogP contribution in [0, 0.1) is 6.92 Å². The lowest BCUT2D eigenvalue weighted by atomic mass is 9.95. The van der Waals surface area contributed by atoms with Gasteiger partial charge in [0.05, 0.1) is 0 Å². The second-order valence-corrected chi connectivity index (χ2v) is 9.00. The molecular formula is C23H33N5O2. The average Bonchev–Trinajstić information content (AvgIpc) is 3.21. The van der Waals surface area contributed by atoms with Gasteiger partial charge in [0.25, 0.3) is 0 Å². The van der Waals surface area contributed by atoms with Crippen LogP contribution in [0.15, 0.2) is 30.3 Å². The molecule has 0 radical (unpaired) electrons. The lowest BCUT2D eigenvalue weighted by Crippen LogP contribution is -2.44. The standard InChI is InChI=1S/C23H33N5O2/c1-15(2)22-26-25-16(3)28(22)20-13-18-9-10-19(14-20)27(18)12-11-21(30-23(24)29)17-7-5-4-6-8-17/h4-8,15,18-21H,9-14H2,1-3H3,(H2,24,29)/t18-,19-,21-/m0/s1. The quantitative estimate of drug-likeness (QED) is 0.741. The number of nitrogens with zero attached hydrogens (tertiary/aromatic N) is 4. The summed E-state index contributed by atoms with van der Waals surface area (Å²) in [5, 5.41) is 8.80. The molecule has 2 aliphatic heterocycles. The van der Waals surface area contributed by atoms with Crippen molar-refractivity contribution >= 4 is 6.09 Å². The maximum Gasteiger partial charge on any atom is 0.405 e. The second-order valence-electron chi connectivity index (χ2n) is 9.00. The number of ether oxygens (including phenoxy) is 1. The smallest absolute Gasteiger partial charge is 0.405 e. The van der Waals surface area contributed by atoms with Crippen molar-refractivity contribution in [2.75, 3.05) is 6.54 Å². The topological polar surface area (TPSA) is 86.3 Å². The third kappa shape index (κ3) is 4.21. The van der Waals surface area contributed by atoms with E-state index in [4.69, 9.17) is 10.5 Å². The van der Waals surface area contributed by atoms with Crippen LogP contribution in [0.25, 0.3) is 0 Å². The van der Waals surface area contributed by atoms with Crippen LogP contribution in [0.4, 0.5) is 4.79 Å². The van der Waals surface area contributed by atoms with E-state index in [-0.39, 0.29) is 6.10 Å². The van der Waals surface area contributed by atoms with Crippen molar-refractivity contribution in [3.63, 3.8) is 0 Å². The van der Waals surface area contributed by atoms with Gasteiger partial charge in [-0.15, -0.1) is 10.2 Å². The van der Waals surface area contributed by atoms with Crippen LogP contribution in [0.3, 0.4) is 0 Å². The van der Waals surface area contributed by atoms with Gasteiger partial charge in [0.2, 0.25) is 0 Å². The molecule has 2 N–H and O–H groups in total. The molecule has 2 aromatic rings. The number of hydrogen-bond acceptors (Lipinski definition) is 5. The Hall–Kier alpha value is -2.41. The summed E-state index contributed by atoms with van der Waals surface area (Å²) in [7, 11) is 0. The summed E-state index contributed by atoms with van der Waals surface area (Å²) >= 11 is 0. The van der Waals surface area contributed by atoms with Crippen molar-refractivity contribution in [2.45, 2.75) is 83.0 Å². The number of carbonyl (C=O) groups excluding carboxylic acids is 1. The van der Waals surface area contributed by atoms with Crippen LogP contribution < -0.4 is 5.73 Å². The Morgan fingerprint density at radius 3 is 2.40 bits per heavy atom. The number of aryl methyl sites for hydroxylation is 1. The molecule has 3 heterocycles. The maximum atomic E-state index is 11.4. The number of benzene rings is 1. The number of fused-ring (bicyclic) bond motifs is 2. The lowest BCUT2D eigenvalue weighted by Gasteiger charge is -2.40. The predicted molar refractivity (Wildman–Crippen MR) is 115 cm³/mol. The van der Waals surface area contributed by atoms with E-state index in [0.717, 1.165) is 43.0 Å². The summed E-state index contributed by atoms with van der Waals surface area (Å²) in [5.41, 5.74) is 6.34. The molecule has 2 saturated heterocycles. The summed E-state index contributed by atoms with van der Waals surface area (Å²) in [4.78, 5) is 14.1. The first kappa shape index (κ1) is 20.8. The van der Waals surface area contributed by atoms with E-state index < -0.39 is 6.09 Å². The minimum Gasteiger partial charge on any atom is -0.441 e. The maximum absolute atomic E-state index is 11.4. The number of rotatable bonds is 7. The van der Waals surface area contributed by atoms with Crippen molar-refractivity contribution < 1.29 is 9.53 Å². The summed E-state index contributed by atoms with van der Waals surface area (Å²) in [5.74, 6) is 2.50. The van der Waals surface area contributed by atoms with E-state index in [2.05, 4.69) is 40.4 Å². The number of primary amides is 1. The monoisotopic (exact) mass is 411 g/mol. The molecule has 0 unspecified atom stereocenters. The van der Waals surface area contributed by atoms with Crippen LogP contribution in [-0.4, -0.2) is 44.4 Å². The fraction of sp³-hybridized carbons (Fsp3) is 0.609. The largest absolute Gasteiger partial charge is 0.441 e. The Kier molecular flexibility index (Phi) is 6.09. The number of piperidine rings is 1. The van der Waals surface area contributed by atoms with Gasteiger partial charge < -0.3 is 15.0 Å². The van der Waals surface area contributed by atoms with Crippen LogP contribution in [0.5, 0.6) is 0 Å². The van der Waals surface area contributed by atoms with Gasteiger partial charge in [0.15, 0.2) is 0 Å². The van der Waals surface area contributed by atoms with Gasteiger partial charge in [-0.05, 0) is 38.2 Å². The van der Waals surface area contributed by atoms with Crippen LogP contribution >= 0.6 is 0 Å². The molecule has 3 atom stereocenters. The van der Waals surface area contributed by atoms with Crippen molar-refractivity contribution in [2.24, 2.45) is 5.73 Å². The molecule has 7 nitrogen and oxygen atoms in total. The molecule has 30 heavy (non-hydrogen) atoms. The SMILES string of the molecule is Cc1nnc(C(C)C)n1C1C[C@@H]2CC[C@@H](C1)N2CC[C@H](OC(N)=O)c1ccccc1. The Morgan fingerprint density at radius 1 is 1.13 bits per heavy atom. The molecule has 1 aromatic carbocycles. The van der Waals surface area contributed by atoms with E-state index >= 15 is 0 Å². The first-order chi connectivity index (χ1) is 14.4. The molecule has 162 valence electrons. The van der Waals surface area contributed by atoms with Gasteiger partial charge in [0, 0.05) is 37.0 Å². The fourth-order valence-corrected chi connectivity index (χ4v) is 5.42. The van der Waals surface area contributed by atoms with Gasteiger partial charge in [0.1, 0.15) is 17.8 Å². The van der Waals surface area contributed by atoms with Gasteiger partial charge in [-0.3, -0.25) is 4.90 Å².